The van der Waals surface area contributed by atoms with Crippen LogP contribution in [-0.2, 0) is 27.7 Å². The van der Waals surface area contributed by atoms with Gasteiger partial charge in [0.25, 0.3) is 5.91 Å². The number of phenolic OH excluding ortho intramolecular Hbond substituents is 1. The van der Waals surface area contributed by atoms with Gasteiger partial charge in [-0.1, -0.05) is 36.4 Å². The smallest absolute Gasteiger partial charge is 0.270 e. The van der Waals surface area contributed by atoms with E-state index in [2.05, 4.69) is 26.2 Å². The van der Waals surface area contributed by atoms with Gasteiger partial charge in [-0.25, -0.2) is 13.4 Å². The number of aromatic hydroxyl groups is 1. The maximum absolute atomic E-state index is 13.5. The minimum Gasteiger partial charge on any atom is -0.508 e. The van der Waals surface area contributed by atoms with Crippen molar-refractivity contribution in [3.63, 3.8) is 0 Å². The zero-order valence-electron chi connectivity index (χ0n) is 25.7. The summed E-state index contributed by atoms with van der Waals surface area (Å²) < 4.78 is 35.4. The van der Waals surface area contributed by atoms with Gasteiger partial charge in [0.2, 0.25) is 10.0 Å². The number of sulfonamides is 1. The van der Waals surface area contributed by atoms with Crippen molar-refractivity contribution in [2.45, 2.75) is 44.5 Å². The molecule has 2 aromatic heterocycles. The molecule has 0 saturated heterocycles. The lowest BCUT2D eigenvalue weighted by Gasteiger charge is -2.22. The van der Waals surface area contributed by atoms with E-state index in [-0.39, 0.29) is 23.7 Å². The number of carbonyl (C=O) groups excluding carboxylic acids is 1. The molecular formula is C34H37N5O5S. The molecular weight excluding hydrogens is 590 g/mol. The number of nitrogens with one attached hydrogen (secondary N) is 2. The number of phenols is 1. The standard InChI is InChI=1S/C34H37N5O5S/c1-34(2,3)45(42,43)38-31-20-32(33(41)36-27(22-44-4)18-23-9-12-28(40)13-10-23)37-30-14-11-26(19-29(30)31)25-8-5-7-24(17-25)21-39-16-6-15-35-39/h5-17,19-20,27,40H,18,21-22H2,1-4H3,(H,36,41)(H,37,38)/t27-/m0/s1. The fourth-order valence-corrected chi connectivity index (χ4v) is 5.63. The van der Waals surface area contributed by atoms with E-state index in [1.165, 1.54) is 6.07 Å². The Morgan fingerprint density at radius 2 is 1.73 bits per heavy atom. The number of hydrogen-bond acceptors (Lipinski definition) is 7. The van der Waals surface area contributed by atoms with Crippen LogP contribution >= 0.6 is 0 Å². The average molecular weight is 628 g/mol. The van der Waals surface area contributed by atoms with E-state index in [0.717, 1.165) is 22.3 Å². The second-order valence-electron chi connectivity index (χ2n) is 11.9. The van der Waals surface area contributed by atoms with Crippen molar-refractivity contribution in [1.29, 1.82) is 0 Å². The molecule has 5 aromatic rings. The Morgan fingerprint density at radius 3 is 2.42 bits per heavy atom. The molecule has 0 radical (unpaired) electrons. The Morgan fingerprint density at radius 1 is 0.978 bits per heavy atom. The summed E-state index contributed by atoms with van der Waals surface area (Å²) in [5.41, 5.74) is 4.58. The molecule has 234 valence electrons. The summed E-state index contributed by atoms with van der Waals surface area (Å²) in [5, 5.41) is 17.4. The number of nitrogens with zero attached hydrogens (tertiary/aromatic N) is 3. The summed E-state index contributed by atoms with van der Waals surface area (Å²) in [7, 11) is -2.28. The van der Waals surface area contributed by atoms with Crippen LogP contribution in [-0.4, -0.2) is 58.7 Å². The molecule has 11 heteroatoms. The summed E-state index contributed by atoms with van der Waals surface area (Å²) in [5.74, 6) is -0.314. The highest BCUT2D eigenvalue weighted by Gasteiger charge is 2.30. The van der Waals surface area contributed by atoms with Crippen LogP contribution in [0.1, 0.15) is 42.4 Å². The van der Waals surface area contributed by atoms with Gasteiger partial charge in [0, 0.05) is 24.9 Å². The molecule has 0 aliphatic carbocycles. The minimum atomic E-state index is -3.83. The summed E-state index contributed by atoms with van der Waals surface area (Å²) >= 11 is 0. The third-order valence-electron chi connectivity index (χ3n) is 7.38. The van der Waals surface area contributed by atoms with Crippen LogP contribution in [0.4, 0.5) is 5.69 Å². The molecule has 0 bridgehead atoms. The molecule has 2 heterocycles. The molecule has 0 aliphatic rings. The van der Waals surface area contributed by atoms with Gasteiger partial charge < -0.3 is 15.2 Å². The molecule has 45 heavy (non-hydrogen) atoms. The molecule has 0 unspecified atom stereocenters. The van der Waals surface area contributed by atoms with Crippen molar-refractivity contribution in [1.82, 2.24) is 20.1 Å². The summed E-state index contributed by atoms with van der Waals surface area (Å²) in [4.78, 5) is 18.2. The largest absolute Gasteiger partial charge is 0.508 e. The minimum absolute atomic E-state index is 0.0647. The van der Waals surface area contributed by atoms with E-state index in [1.807, 2.05) is 47.3 Å². The highest BCUT2D eigenvalue weighted by atomic mass is 32.2. The van der Waals surface area contributed by atoms with Crippen LogP contribution in [0.5, 0.6) is 5.75 Å². The normalized spacial score (nSPS) is 12.6. The first kappa shape index (κ1) is 31.7. The number of hydrogen-bond donors (Lipinski definition) is 3. The monoisotopic (exact) mass is 627 g/mol. The number of anilines is 1. The number of rotatable bonds is 11. The average Bonchev–Trinajstić information content (AvgIpc) is 3.50. The fourth-order valence-electron chi connectivity index (χ4n) is 4.86. The predicted molar refractivity (Wildman–Crippen MR) is 176 cm³/mol. The SMILES string of the molecule is COC[C@H](Cc1ccc(O)cc1)NC(=O)c1cc(NS(=O)(=O)C(C)(C)C)c2cc(-c3cccc(Cn4cccn4)c3)ccc2n1. The number of aromatic nitrogens is 3. The zero-order valence-corrected chi connectivity index (χ0v) is 26.5. The number of pyridine rings is 1. The third kappa shape index (κ3) is 7.68. The van der Waals surface area contributed by atoms with Crippen molar-refractivity contribution in [2.24, 2.45) is 0 Å². The first-order valence-corrected chi connectivity index (χ1v) is 16.0. The summed E-state index contributed by atoms with van der Waals surface area (Å²) in [6.45, 7) is 5.69. The van der Waals surface area contributed by atoms with Gasteiger partial charge in [-0.05, 0) is 91.9 Å². The van der Waals surface area contributed by atoms with Gasteiger partial charge in [-0.15, -0.1) is 0 Å². The van der Waals surface area contributed by atoms with Crippen molar-refractivity contribution < 1.29 is 23.1 Å². The number of ether oxygens (including phenoxy) is 1. The van der Waals surface area contributed by atoms with E-state index < -0.39 is 26.7 Å². The van der Waals surface area contributed by atoms with Crippen LogP contribution < -0.4 is 10.0 Å². The summed E-state index contributed by atoms with van der Waals surface area (Å²) in [6.07, 6.45) is 4.10. The molecule has 0 spiro atoms. The van der Waals surface area contributed by atoms with E-state index in [0.29, 0.717) is 23.9 Å². The Hall–Kier alpha value is -4.74. The van der Waals surface area contributed by atoms with E-state index >= 15 is 0 Å². The van der Waals surface area contributed by atoms with Gasteiger partial charge in [0.1, 0.15) is 11.4 Å². The van der Waals surface area contributed by atoms with Gasteiger partial charge in [-0.2, -0.15) is 5.10 Å². The molecule has 1 atom stereocenters. The van der Waals surface area contributed by atoms with Crippen molar-refractivity contribution in [2.75, 3.05) is 18.4 Å². The first-order chi connectivity index (χ1) is 21.4. The van der Waals surface area contributed by atoms with Gasteiger partial charge in [0.05, 0.1) is 35.1 Å². The molecule has 1 amide bonds. The lowest BCUT2D eigenvalue weighted by Crippen LogP contribution is -2.40. The molecule has 0 fully saturated rings. The lowest BCUT2D eigenvalue weighted by molar-refractivity contribution is 0.0892. The summed E-state index contributed by atoms with van der Waals surface area (Å²) in [6, 6.07) is 23.3. The zero-order chi connectivity index (χ0) is 32.2. The number of benzene rings is 3. The van der Waals surface area contributed by atoms with Crippen LogP contribution in [0.2, 0.25) is 0 Å². The molecule has 0 saturated carbocycles. The molecule has 0 aliphatic heterocycles. The van der Waals surface area contributed by atoms with Gasteiger partial charge in [0.15, 0.2) is 0 Å². The molecule has 10 nitrogen and oxygen atoms in total. The number of amides is 1. The van der Waals surface area contributed by atoms with Crippen molar-refractivity contribution >= 4 is 32.5 Å². The van der Waals surface area contributed by atoms with Crippen LogP contribution in [0, 0.1) is 0 Å². The number of methoxy groups -OCH3 is 1. The highest BCUT2D eigenvalue weighted by Crippen LogP contribution is 2.32. The Balaban J connectivity index is 1.51. The van der Waals surface area contributed by atoms with E-state index in [4.69, 9.17) is 4.74 Å². The predicted octanol–water partition coefficient (Wildman–Crippen LogP) is 5.38. The molecule has 5 rings (SSSR count). The van der Waals surface area contributed by atoms with Crippen LogP contribution in [0.25, 0.3) is 22.0 Å². The van der Waals surface area contributed by atoms with Gasteiger partial charge in [-0.3, -0.25) is 14.2 Å². The molecule has 3 aromatic carbocycles. The van der Waals surface area contributed by atoms with E-state index in [1.54, 1.807) is 64.4 Å². The van der Waals surface area contributed by atoms with Crippen LogP contribution in [0.15, 0.2) is 91.3 Å². The van der Waals surface area contributed by atoms with E-state index in [9.17, 15) is 18.3 Å². The quantitative estimate of drug-likeness (QED) is 0.179. The second-order valence-corrected chi connectivity index (χ2v) is 14.3. The van der Waals surface area contributed by atoms with Gasteiger partial charge >= 0.3 is 0 Å². The third-order valence-corrected chi connectivity index (χ3v) is 9.48. The Kier molecular flexibility index (Phi) is 9.21. The second kappa shape index (κ2) is 13.1. The Labute approximate surface area is 263 Å². The number of carbonyl (C=O) groups is 1. The maximum Gasteiger partial charge on any atom is 0.270 e. The number of fused-ring (bicyclic) bond motifs is 1. The first-order valence-electron chi connectivity index (χ1n) is 14.5. The highest BCUT2D eigenvalue weighted by molar-refractivity contribution is 7.94. The fraction of sp³-hybridized carbons (Fsp3) is 0.265. The molecule has 3 N–H and O–H groups in total. The lowest BCUT2D eigenvalue weighted by atomic mass is 10.0. The Bertz CT molecular complexity index is 1900. The topological polar surface area (TPSA) is 135 Å². The van der Waals surface area contributed by atoms with Crippen molar-refractivity contribution in [3.05, 3.63) is 108 Å². The maximum atomic E-state index is 13.5. The van der Waals surface area contributed by atoms with Crippen molar-refractivity contribution in [3.8, 4) is 16.9 Å². The van der Waals surface area contributed by atoms with Crippen LogP contribution in [0.3, 0.4) is 0 Å².